The number of aromatic hydroxyl groups is 1. The van der Waals surface area contributed by atoms with Gasteiger partial charge in [0.15, 0.2) is 0 Å². The molecule has 2 aromatic carbocycles. The molecule has 0 amide bonds. The van der Waals surface area contributed by atoms with Crippen molar-refractivity contribution in [2.75, 3.05) is 4.72 Å². The first-order chi connectivity index (χ1) is 8.90. The lowest BCUT2D eigenvalue weighted by molar-refractivity contribution is 0.475. The number of halogens is 1. The summed E-state index contributed by atoms with van der Waals surface area (Å²) in [4.78, 5) is 0.0738. The summed E-state index contributed by atoms with van der Waals surface area (Å²) < 4.78 is 26.8. The van der Waals surface area contributed by atoms with Gasteiger partial charge < -0.3 is 5.11 Å². The summed E-state index contributed by atoms with van der Waals surface area (Å²) in [5, 5.41) is 9.65. The fourth-order valence-electron chi connectivity index (χ4n) is 1.55. The SMILES string of the molecule is Cc1c(Cl)cccc1NS(=O)(=O)c1ccc(O)cc1. The Morgan fingerprint density at radius 3 is 2.37 bits per heavy atom. The number of hydrogen-bond donors (Lipinski definition) is 2. The quantitative estimate of drug-likeness (QED) is 0.914. The van der Waals surface area contributed by atoms with E-state index in [9.17, 15) is 8.42 Å². The van der Waals surface area contributed by atoms with Crippen LogP contribution in [0.1, 0.15) is 5.56 Å². The second kappa shape index (κ2) is 5.11. The van der Waals surface area contributed by atoms with E-state index in [2.05, 4.69) is 4.72 Å². The monoisotopic (exact) mass is 297 g/mol. The van der Waals surface area contributed by atoms with Crippen LogP contribution in [0, 0.1) is 6.92 Å². The topological polar surface area (TPSA) is 66.4 Å². The predicted octanol–water partition coefficient (Wildman–Crippen LogP) is 3.15. The van der Waals surface area contributed by atoms with Gasteiger partial charge in [0, 0.05) is 5.02 Å². The maximum atomic E-state index is 12.1. The van der Waals surface area contributed by atoms with E-state index in [0.717, 1.165) is 0 Å². The van der Waals surface area contributed by atoms with Gasteiger partial charge in [0.2, 0.25) is 0 Å². The van der Waals surface area contributed by atoms with E-state index in [1.165, 1.54) is 24.3 Å². The van der Waals surface area contributed by atoms with Gasteiger partial charge in [-0.2, -0.15) is 0 Å². The van der Waals surface area contributed by atoms with E-state index in [4.69, 9.17) is 16.7 Å². The van der Waals surface area contributed by atoms with Crippen LogP contribution >= 0.6 is 11.6 Å². The van der Waals surface area contributed by atoms with E-state index in [1.807, 2.05) is 0 Å². The molecular weight excluding hydrogens is 286 g/mol. The normalized spacial score (nSPS) is 11.3. The molecule has 0 unspecified atom stereocenters. The molecular formula is C13H12ClNO3S. The standard InChI is InChI=1S/C13H12ClNO3S/c1-9-12(14)3-2-4-13(9)15-19(17,18)11-7-5-10(16)6-8-11/h2-8,15-16H,1H3. The first-order valence-corrected chi connectivity index (χ1v) is 7.33. The minimum Gasteiger partial charge on any atom is -0.508 e. The Labute approximate surface area is 116 Å². The molecule has 6 heteroatoms. The number of anilines is 1. The van der Waals surface area contributed by atoms with Gasteiger partial charge in [0.25, 0.3) is 10.0 Å². The second-order valence-electron chi connectivity index (χ2n) is 4.01. The molecule has 0 saturated carbocycles. The first-order valence-electron chi connectivity index (χ1n) is 5.47. The Bertz CT molecular complexity index is 696. The molecule has 0 aliphatic heterocycles. The summed E-state index contributed by atoms with van der Waals surface area (Å²) in [6, 6.07) is 10.3. The average molecular weight is 298 g/mol. The van der Waals surface area contributed by atoms with Crippen LogP contribution in [0.4, 0.5) is 5.69 Å². The Morgan fingerprint density at radius 1 is 1.11 bits per heavy atom. The lowest BCUT2D eigenvalue weighted by Crippen LogP contribution is -2.13. The van der Waals surface area contributed by atoms with Gasteiger partial charge in [-0.25, -0.2) is 8.42 Å². The highest BCUT2D eigenvalue weighted by molar-refractivity contribution is 7.92. The Hall–Kier alpha value is -1.72. The van der Waals surface area contributed by atoms with Crippen LogP contribution < -0.4 is 4.72 Å². The molecule has 0 aromatic heterocycles. The summed E-state index contributed by atoms with van der Waals surface area (Å²) in [5.41, 5.74) is 1.09. The van der Waals surface area contributed by atoms with Crippen molar-refractivity contribution in [3.8, 4) is 5.75 Å². The molecule has 100 valence electrons. The van der Waals surface area contributed by atoms with Crippen molar-refractivity contribution < 1.29 is 13.5 Å². The van der Waals surface area contributed by atoms with Crippen LogP contribution in [0.2, 0.25) is 5.02 Å². The predicted molar refractivity (Wildman–Crippen MR) is 75.1 cm³/mol. The van der Waals surface area contributed by atoms with Crippen molar-refractivity contribution in [2.45, 2.75) is 11.8 Å². The third kappa shape index (κ3) is 3.00. The highest BCUT2D eigenvalue weighted by Crippen LogP contribution is 2.25. The summed E-state index contributed by atoms with van der Waals surface area (Å²) in [6.45, 7) is 1.73. The summed E-state index contributed by atoms with van der Waals surface area (Å²) in [5.74, 6) is 0.0119. The molecule has 4 nitrogen and oxygen atoms in total. The zero-order chi connectivity index (χ0) is 14.0. The van der Waals surface area contributed by atoms with Gasteiger partial charge in [-0.15, -0.1) is 0 Å². The van der Waals surface area contributed by atoms with E-state index in [-0.39, 0.29) is 10.6 Å². The highest BCUT2D eigenvalue weighted by atomic mass is 35.5. The van der Waals surface area contributed by atoms with Gasteiger partial charge in [-0.05, 0) is 48.9 Å². The molecule has 0 bridgehead atoms. The largest absolute Gasteiger partial charge is 0.508 e. The average Bonchev–Trinajstić information content (AvgIpc) is 2.35. The Kier molecular flexibility index (Phi) is 3.68. The molecule has 0 saturated heterocycles. The zero-order valence-corrected chi connectivity index (χ0v) is 11.7. The van der Waals surface area contributed by atoms with Gasteiger partial charge in [-0.1, -0.05) is 17.7 Å². The molecule has 0 spiro atoms. The van der Waals surface area contributed by atoms with Crippen LogP contribution in [0.3, 0.4) is 0 Å². The third-order valence-corrected chi connectivity index (χ3v) is 4.45. The molecule has 0 radical (unpaired) electrons. The number of phenols is 1. The Morgan fingerprint density at radius 2 is 1.74 bits per heavy atom. The molecule has 0 aliphatic carbocycles. The Balaban J connectivity index is 2.36. The van der Waals surface area contributed by atoms with Crippen molar-refractivity contribution in [3.05, 3.63) is 53.1 Å². The summed E-state index contributed by atoms with van der Waals surface area (Å²) in [6.07, 6.45) is 0. The molecule has 2 rings (SSSR count). The lowest BCUT2D eigenvalue weighted by Gasteiger charge is -2.11. The minimum atomic E-state index is -3.69. The smallest absolute Gasteiger partial charge is 0.261 e. The maximum Gasteiger partial charge on any atom is 0.261 e. The number of rotatable bonds is 3. The molecule has 0 aliphatic rings. The summed E-state index contributed by atoms with van der Waals surface area (Å²) >= 11 is 5.94. The number of hydrogen-bond acceptors (Lipinski definition) is 3. The van der Waals surface area contributed by atoms with Crippen LogP contribution in [-0.4, -0.2) is 13.5 Å². The zero-order valence-electron chi connectivity index (χ0n) is 10.1. The minimum absolute atomic E-state index is 0.0119. The molecule has 0 fully saturated rings. The fraction of sp³-hybridized carbons (Fsp3) is 0.0769. The number of nitrogens with one attached hydrogen (secondary N) is 1. The van der Waals surface area contributed by atoms with E-state index in [0.29, 0.717) is 16.3 Å². The molecule has 2 N–H and O–H groups in total. The molecule has 2 aromatic rings. The molecule has 19 heavy (non-hydrogen) atoms. The van der Waals surface area contributed by atoms with Crippen LogP contribution in [-0.2, 0) is 10.0 Å². The van der Waals surface area contributed by atoms with Crippen molar-refractivity contribution in [1.82, 2.24) is 0 Å². The van der Waals surface area contributed by atoms with Crippen molar-refractivity contribution in [2.24, 2.45) is 0 Å². The van der Waals surface area contributed by atoms with E-state index in [1.54, 1.807) is 25.1 Å². The van der Waals surface area contributed by atoms with E-state index >= 15 is 0 Å². The number of sulfonamides is 1. The van der Waals surface area contributed by atoms with Crippen molar-refractivity contribution in [1.29, 1.82) is 0 Å². The number of benzene rings is 2. The fourth-order valence-corrected chi connectivity index (χ4v) is 2.84. The summed E-state index contributed by atoms with van der Waals surface area (Å²) in [7, 11) is -3.69. The molecule has 0 atom stereocenters. The van der Waals surface area contributed by atoms with E-state index < -0.39 is 10.0 Å². The van der Waals surface area contributed by atoms with Gasteiger partial charge >= 0.3 is 0 Å². The second-order valence-corrected chi connectivity index (χ2v) is 6.10. The van der Waals surface area contributed by atoms with Gasteiger partial charge in [-0.3, -0.25) is 4.72 Å². The number of phenolic OH excluding ortho intramolecular Hbond substituents is 1. The van der Waals surface area contributed by atoms with Crippen molar-refractivity contribution >= 4 is 27.3 Å². The van der Waals surface area contributed by atoms with Gasteiger partial charge in [0.1, 0.15) is 5.75 Å². The van der Waals surface area contributed by atoms with Crippen molar-refractivity contribution in [3.63, 3.8) is 0 Å². The van der Waals surface area contributed by atoms with Crippen LogP contribution in [0.5, 0.6) is 5.75 Å². The highest BCUT2D eigenvalue weighted by Gasteiger charge is 2.15. The molecule has 0 heterocycles. The first kappa shape index (κ1) is 13.7. The van der Waals surface area contributed by atoms with Gasteiger partial charge in [0.05, 0.1) is 10.6 Å². The van der Waals surface area contributed by atoms with Crippen LogP contribution in [0.15, 0.2) is 47.4 Å². The lowest BCUT2D eigenvalue weighted by atomic mass is 10.2. The maximum absolute atomic E-state index is 12.1. The third-order valence-electron chi connectivity index (χ3n) is 2.66. The van der Waals surface area contributed by atoms with Crippen LogP contribution in [0.25, 0.3) is 0 Å².